The van der Waals surface area contributed by atoms with Crippen molar-refractivity contribution in [3.63, 3.8) is 0 Å². The van der Waals surface area contributed by atoms with E-state index in [0.717, 1.165) is 29.0 Å². The molecule has 1 saturated heterocycles. The molecular weight excluding hydrogens is 336 g/mol. The van der Waals surface area contributed by atoms with Crippen LogP contribution in [0.1, 0.15) is 11.1 Å². The van der Waals surface area contributed by atoms with Crippen LogP contribution in [0.3, 0.4) is 0 Å². The molecule has 1 atom stereocenters. The van der Waals surface area contributed by atoms with Gasteiger partial charge in [-0.15, -0.1) is 0 Å². The van der Waals surface area contributed by atoms with E-state index >= 15 is 0 Å². The van der Waals surface area contributed by atoms with Gasteiger partial charge in [-0.2, -0.15) is 0 Å². The van der Waals surface area contributed by atoms with Crippen molar-refractivity contribution in [1.29, 1.82) is 0 Å². The van der Waals surface area contributed by atoms with Gasteiger partial charge in [0.25, 0.3) is 0 Å². The van der Waals surface area contributed by atoms with Crippen LogP contribution < -0.4 is 10.2 Å². The van der Waals surface area contributed by atoms with Crippen LogP contribution >= 0.6 is 0 Å². The number of allylic oxidation sites excluding steroid dienone is 1. The monoisotopic (exact) mass is 360 g/mol. The zero-order chi connectivity index (χ0) is 18.2. The predicted molar refractivity (Wildman–Crippen MR) is 96.8 cm³/mol. The van der Waals surface area contributed by atoms with Gasteiger partial charge in [-0.3, -0.25) is 10.2 Å². The molecule has 0 spiro atoms. The molecule has 2 aliphatic rings. The molecule has 7 nitrogen and oxygen atoms in total. The van der Waals surface area contributed by atoms with Crippen LogP contribution in [0.5, 0.6) is 5.75 Å². The lowest BCUT2D eigenvalue weighted by molar-refractivity contribution is -0.112. The van der Waals surface area contributed by atoms with Gasteiger partial charge in [0.1, 0.15) is 25.1 Å². The quantitative estimate of drug-likeness (QED) is 0.418. The highest BCUT2D eigenvalue weighted by Crippen LogP contribution is 2.23. The summed E-state index contributed by atoms with van der Waals surface area (Å²) in [5.74, 6) is 1.03. The minimum atomic E-state index is -0.148. The Balaban J connectivity index is 1.68. The zero-order valence-electron chi connectivity index (χ0n) is 14.6. The Hall–Kier alpha value is -2.35. The number of hydrogen-bond donors (Lipinski definition) is 2. The third-order valence-electron chi connectivity index (χ3n) is 4.07. The number of fused-ring (bicyclic) bond motifs is 1. The van der Waals surface area contributed by atoms with Gasteiger partial charge in [-0.25, -0.2) is 5.48 Å². The van der Waals surface area contributed by atoms with Crippen molar-refractivity contribution >= 4 is 5.71 Å². The molecule has 7 heteroatoms. The van der Waals surface area contributed by atoms with Crippen molar-refractivity contribution in [2.24, 2.45) is 4.99 Å². The molecule has 0 amide bonds. The summed E-state index contributed by atoms with van der Waals surface area (Å²) < 4.78 is 22.1. The molecule has 0 aliphatic carbocycles. The Bertz CT molecular complexity index is 681. The van der Waals surface area contributed by atoms with E-state index in [-0.39, 0.29) is 18.6 Å². The Morgan fingerprint density at radius 3 is 3.12 bits per heavy atom. The van der Waals surface area contributed by atoms with E-state index in [1.165, 1.54) is 0 Å². The third kappa shape index (κ3) is 4.85. The number of nitrogens with one attached hydrogen (secondary N) is 1. The van der Waals surface area contributed by atoms with E-state index < -0.39 is 0 Å². The first-order chi connectivity index (χ1) is 12.8. The van der Waals surface area contributed by atoms with Crippen LogP contribution in [0.4, 0.5) is 0 Å². The number of aliphatic imine (C=N–C) groups is 1. The first kappa shape index (κ1) is 18.4. The number of rotatable bonds is 8. The van der Waals surface area contributed by atoms with Crippen molar-refractivity contribution in [1.82, 2.24) is 5.48 Å². The smallest absolute Gasteiger partial charge is 0.213 e. The lowest BCUT2D eigenvalue weighted by Gasteiger charge is -2.23. The predicted octanol–water partition coefficient (Wildman–Crippen LogP) is 1.85. The lowest BCUT2D eigenvalue weighted by atomic mass is 9.97. The van der Waals surface area contributed by atoms with Crippen molar-refractivity contribution in [3.8, 4) is 5.75 Å². The first-order valence-corrected chi connectivity index (χ1v) is 8.65. The summed E-state index contributed by atoms with van der Waals surface area (Å²) in [4.78, 5) is 4.54. The Morgan fingerprint density at radius 2 is 2.35 bits per heavy atom. The summed E-state index contributed by atoms with van der Waals surface area (Å²) in [6.07, 6.45) is 4.10. The molecular formula is C19H24N2O5. The molecule has 26 heavy (non-hydrogen) atoms. The van der Waals surface area contributed by atoms with Gasteiger partial charge >= 0.3 is 0 Å². The van der Waals surface area contributed by atoms with E-state index in [0.29, 0.717) is 33.0 Å². The van der Waals surface area contributed by atoms with E-state index in [9.17, 15) is 5.21 Å². The topological polar surface area (TPSA) is 81.5 Å². The highest BCUT2D eigenvalue weighted by molar-refractivity contribution is 6.10. The summed E-state index contributed by atoms with van der Waals surface area (Å²) in [6.45, 7) is 6.72. The van der Waals surface area contributed by atoms with Crippen molar-refractivity contribution in [2.75, 3.05) is 39.6 Å². The van der Waals surface area contributed by atoms with Crippen LogP contribution in [0.25, 0.3) is 0 Å². The van der Waals surface area contributed by atoms with Gasteiger partial charge < -0.3 is 18.9 Å². The number of hydrogen-bond acceptors (Lipinski definition) is 7. The maximum Gasteiger partial charge on any atom is 0.213 e. The lowest BCUT2D eigenvalue weighted by Crippen LogP contribution is -2.33. The summed E-state index contributed by atoms with van der Waals surface area (Å²) in [5.41, 5.74) is 4.98. The molecule has 1 fully saturated rings. The average molecular weight is 360 g/mol. The van der Waals surface area contributed by atoms with Crippen LogP contribution in [-0.4, -0.2) is 56.6 Å². The minimum absolute atomic E-state index is 0.148. The van der Waals surface area contributed by atoms with E-state index in [2.05, 4.69) is 17.1 Å². The van der Waals surface area contributed by atoms with E-state index in [1.54, 1.807) is 12.2 Å². The number of benzene rings is 1. The maximum atomic E-state index is 9.38. The van der Waals surface area contributed by atoms with Gasteiger partial charge in [0.15, 0.2) is 0 Å². The molecule has 3 rings (SSSR count). The largest absolute Gasteiger partial charge is 0.490 e. The molecule has 2 heterocycles. The van der Waals surface area contributed by atoms with Crippen LogP contribution in [0.15, 0.2) is 47.8 Å². The summed E-state index contributed by atoms with van der Waals surface area (Å²) in [6, 6.07) is 5.88. The average Bonchev–Trinajstić information content (AvgIpc) is 2.70. The highest BCUT2D eigenvalue weighted by Gasteiger charge is 2.17. The summed E-state index contributed by atoms with van der Waals surface area (Å²) >= 11 is 0. The third-order valence-corrected chi connectivity index (χ3v) is 4.07. The second-order valence-corrected chi connectivity index (χ2v) is 5.93. The van der Waals surface area contributed by atoms with E-state index in [4.69, 9.17) is 18.9 Å². The fraction of sp³-hybridized carbons (Fsp3) is 0.421. The fourth-order valence-electron chi connectivity index (χ4n) is 2.82. The molecule has 1 aromatic carbocycles. The van der Waals surface area contributed by atoms with Crippen molar-refractivity contribution in [3.05, 3.63) is 53.9 Å². The Kier molecular flexibility index (Phi) is 6.65. The minimum Gasteiger partial charge on any atom is -0.490 e. The van der Waals surface area contributed by atoms with Gasteiger partial charge in [-0.05, 0) is 30.2 Å². The molecule has 0 bridgehead atoms. The van der Waals surface area contributed by atoms with Crippen LogP contribution in [-0.2, 0) is 20.6 Å². The van der Waals surface area contributed by atoms with E-state index in [1.807, 2.05) is 18.2 Å². The summed E-state index contributed by atoms with van der Waals surface area (Å²) in [7, 11) is 0. The summed E-state index contributed by atoms with van der Waals surface area (Å²) in [5, 5.41) is 9.38. The van der Waals surface area contributed by atoms with Crippen LogP contribution in [0.2, 0.25) is 0 Å². The highest BCUT2D eigenvalue weighted by atomic mass is 16.6. The van der Waals surface area contributed by atoms with Crippen LogP contribution in [0, 0.1) is 0 Å². The van der Waals surface area contributed by atoms with Gasteiger partial charge in [0.2, 0.25) is 5.88 Å². The molecule has 0 unspecified atom stereocenters. The van der Waals surface area contributed by atoms with Gasteiger partial charge in [0.05, 0.1) is 25.5 Å². The van der Waals surface area contributed by atoms with Crippen molar-refractivity contribution < 1.29 is 24.2 Å². The SMILES string of the molecule is C=CCOc1ccc2c(c1)CCN=C2C=C(NO)OC[C@@H]1COCCO1. The maximum absolute atomic E-state index is 9.38. The molecule has 0 saturated carbocycles. The van der Waals surface area contributed by atoms with Gasteiger partial charge in [-0.1, -0.05) is 12.7 Å². The number of nitrogens with zero attached hydrogens (tertiary/aromatic N) is 1. The molecule has 0 radical (unpaired) electrons. The standard InChI is InChI=1S/C19H24N2O5/c1-2-7-24-15-3-4-17-14(10-15)5-6-20-18(17)11-19(21-22)26-13-16-12-23-8-9-25-16/h2-4,10-11,16,21-22H,1,5-9,12-13H2/t16-/m0/s1. The van der Waals surface area contributed by atoms with Gasteiger partial charge in [0, 0.05) is 18.2 Å². The van der Waals surface area contributed by atoms with Crippen molar-refractivity contribution in [2.45, 2.75) is 12.5 Å². The molecule has 1 aromatic rings. The second-order valence-electron chi connectivity index (χ2n) is 5.93. The number of ether oxygens (including phenoxy) is 4. The Morgan fingerprint density at radius 1 is 1.42 bits per heavy atom. The molecule has 0 aromatic heterocycles. The first-order valence-electron chi connectivity index (χ1n) is 8.65. The fourth-order valence-corrected chi connectivity index (χ4v) is 2.82. The Labute approximate surface area is 152 Å². The molecule has 140 valence electrons. The zero-order valence-corrected chi connectivity index (χ0v) is 14.6. The molecule has 2 aliphatic heterocycles. The normalized spacial score (nSPS) is 20.0. The molecule has 2 N–H and O–H groups in total. The second kappa shape index (κ2) is 9.38. The number of hydroxylamine groups is 1.